The Kier molecular flexibility index (Phi) is 41.7. The van der Waals surface area contributed by atoms with Crippen molar-refractivity contribution >= 4 is 140 Å². The molecule has 0 saturated carbocycles. The first-order valence-electron chi connectivity index (χ1n) is 51.9. The van der Waals surface area contributed by atoms with Crippen LogP contribution in [-0.2, 0) is 95.8 Å². The zero-order valence-electron chi connectivity index (χ0n) is 88.6. The lowest BCUT2D eigenvalue weighted by molar-refractivity contribution is 0.122. The second-order valence-electron chi connectivity index (χ2n) is 43.0. The molecule has 8 saturated heterocycles. The van der Waals surface area contributed by atoms with Crippen LogP contribution in [0, 0.1) is 11.6 Å². The first-order chi connectivity index (χ1) is 69.2. The first kappa shape index (κ1) is 120. The molecule has 13 N–H and O–H groups in total. The summed E-state index contributed by atoms with van der Waals surface area (Å²) in [4.78, 5) is 70.1. The summed E-state index contributed by atoms with van der Waals surface area (Å²) >= 11 is 6.23. The number of amides is 10. The van der Waals surface area contributed by atoms with Crippen molar-refractivity contribution in [2.75, 3.05) is 144 Å². The van der Waals surface area contributed by atoms with Gasteiger partial charge >= 0.3 is 30.2 Å². The van der Waals surface area contributed by atoms with E-state index in [0.29, 0.717) is 114 Å². The molecule has 0 unspecified atom stereocenters. The maximum absolute atomic E-state index is 14.1. The zero-order valence-corrected chi connectivity index (χ0v) is 95.1. The van der Waals surface area contributed by atoms with Gasteiger partial charge in [0.05, 0.1) is 38.8 Å². The summed E-state index contributed by atoms with van der Waals surface area (Å²) in [7, 11) is -25.9. The summed E-state index contributed by atoms with van der Waals surface area (Å²) in [6, 6.07) is 15.0. The van der Waals surface area contributed by atoms with Crippen molar-refractivity contribution in [1.29, 1.82) is 0 Å². The van der Waals surface area contributed by atoms with Gasteiger partial charge in [0.1, 0.15) is 11.6 Å². The highest BCUT2D eigenvalue weighted by molar-refractivity contribution is 7.92. The van der Waals surface area contributed by atoms with Crippen LogP contribution < -0.4 is 66.1 Å². The zero-order chi connectivity index (χ0) is 109. The number of nitrogens with zero attached hydrogens (tertiary/aromatic N) is 5. The smallest absolute Gasteiger partial charge is 0.314 e. The standard InChI is InChI=1S/C21H33FN4O3S.C21H30N4O3S.C21H34N4O3S.C19H30ClN3O5S2.C19H30FN3O5S2/c1-13(2)18-9-15(22)10-19(14(3)4)20(18)24-21(27)25-30(28,29)17-5-7-26(8-6-17)16-11-23-12-16;26-21(23-20-18-5-1-3-14(18)11-15-4-2-6-19(15)20)24-29(27,28)17-7-9-25(10-8-17)16-12-22-13-16;1-14(2)18-6-5-7-19(15(3)4)20(18)23-21(26)24-29(27,28)17-8-10-25(11-9-17)16-12-22-13-16;2*1-12(2)16-10-14(20)11-17(13(3)4)18(16)21-19(24)22-30(27,28)15-6-8-23(9-7-15)29(5,25)26/h9-10,13-14,16-17,23H,5-8,11-12H2,1-4H3,(H2,24,25,27);11,16-17,22H,1-10,12-13H2,(H2,23,24,26);5-7,14-17,22H,8-13H2,1-4H3,(H2,23,24,26);2*10-13,15H,6-9H2,1-5H3,(H2,21,22,24). The third-order valence-electron chi connectivity index (χ3n) is 29.6. The van der Waals surface area contributed by atoms with E-state index >= 15 is 0 Å². The number of urea groups is 5. The van der Waals surface area contributed by atoms with E-state index in [4.69, 9.17) is 11.6 Å². The molecule has 47 heteroatoms. The van der Waals surface area contributed by atoms with E-state index in [2.05, 4.69) is 110 Å². The number of aryl methyl sites for hydroxylation is 2. The van der Waals surface area contributed by atoms with Crippen molar-refractivity contribution < 1.29 is 91.7 Å². The topological polar surface area (TPSA) is 497 Å². The molecule has 0 spiro atoms. The Labute approximate surface area is 881 Å². The quantitative estimate of drug-likeness (QED) is 0.0221. The second-order valence-corrected chi connectivity index (χ2v) is 57.2. The number of halogens is 3. The maximum Gasteiger partial charge on any atom is 0.332 e. The van der Waals surface area contributed by atoms with Gasteiger partial charge in [-0.2, -0.15) is 0 Å². The Hall–Kier alpha value is -8.07. The number of carbonyl (C=O) groups is 5. The Balaban J connectivity index is 0.000000176. The van der Waals surface area contributed by atoms with Crippen LogP contribution in [0.3, 0.4) is 0 Å². The number of likely N-dealkylation sites (tertiary alicyclic amines) is 3. The van der Waals surface area contributed by atoms with Gasteiger partial charge in [-0.05, 0) is 293 Å². The predicted octanol–water partition coefficient (Wildman–Crippen LogP) is 13.7. The summed E-state index contributed by atoms with van der Waals surface area (Å²) in [5.41, 5.74) is 14.2. The number of nitrogens with one attached hydrogen (secondary N) is 13. The number of hydrogen-bond donors (Lipinski definition) is 13. The lowest BCUT2D eigenvalue weighted by Gasteiger charge is -2.41. The van der Waals surface area contributed by atoms with E-state index in [1.165, 1.54) is 55.1 Å². The van der Waals surface area contributed by atoms with Crippen molar-refractivity contribution in [2.45, 2.75) is 305 Å². The third kappa shape index (κ3) is 31.9. The molecule has 5 aromatic carbocycles. The van der Waals surface area contributed by atoms with Crippen LogP contribution in [-0.4, -0.2) is 274 Å². The van der Waals surface area contributed by atoms with Gasteiger partial charge in [0.15, 0.2) is 0 Å². The maximum atomic E-state index is 14.1. The molecule has 828 valence electrons. The molecule has 0 atom stereocenters. The fraction of sp³-hybridized carbons (Fsp3) is 0.653. The molecule has 10 amide bonds. The van der Waals surface area contributed by atoms with Crippen LogP contribution in [0.15, 0.2) is 60.7 Å². The van der Waals surface area contributed by atoms with Crippen LogP contribution in [0.5, 0.6) is 0 Å². The van der Waals surface area contributed by atoms with Crippen molar-refractivity contribution in [2.24, 2.45) is 0 Å². The first-order valence-corrected chi connectivity index (χ1v) is 63.7. The molecule has 5 aromatic rings. The van der Waals surface area contributed by atoms with Crippen LogP contribution in [0.2, 0.25) is 5.02 Å². The fourth-order valence-corrected chi connectivity index (χ4v) is 29.3. The average molecular weight is 2230 g/mol. The van der Waals surface area contributed by atoms with Gasteiger partial charge in [-0.15, -0.1) is 0 Å². The molecule has 10 aliphatic rings. The molecular weight excluding hydrogens is 2070 g/mol. The van der Waals surface area contributed by atoms with Crippen LogP contribution in [0.4, 0.5) is 61.2 Å². The Bertz CT molecular complexity index is 6090. The number of carbonyl (C=O) groups excluding carboxylic acids is 5. The number of piperidine rings is 5. The summed E-state index contributed by atoms with van der Waals surface area (Å²) in [6.07, 6.45) is 12.1. The number of benzene rings is 5. The Morgan fingerprint density at radius 3 is 0.723 bits per heavy atom. The molecule has 37 nitrogen and oxygen atoms in total. The summed E-state index contributed by atoms with van der Waals surface area (Å²) in [6.45, 7) is 41.9. The number of rotatable bonds is 28. The summed E-state index contributed by atoms with van der Waals surface area (Å²) in [5.74, 6) is -0.478. The molecule has 2 aliphatic carbocycles. The normalized spacial score (nSPS) is 19.0. The molecular formula is C101H157ClF2N18O19S7. The number of hydrogen-bond acceptors (Lipinski definition) is 25. The fourth-order valence-electron chi connectivity index (χ4n) is 20.7. The minimum absolute atomic E-state index is 0.0320. The Morgan fingerprint density at radius 1 is 0.304 bits per heavy atom. The Morgan fingerprint density at radius 2 is 0.514 bits per heavy atom. The largest absolute Gasteiger partial charge is 0.332 e. The van der Waals surface area contributed by atoms with Gasteiger partial charge in [0, 0.05) is 117 Å². The van der Waals surface area contributed by atoms with Gasteiger partial charge in [-0.1, -0.05) is 147 Å². The number of anilines is 5. The third-order valence-corrected chi connectivity index (χ3v) is 41.6. The highest BCUT2D eigenvalue weighted by Gasteiger charge is 2.43. The highest BCUT2D eigenvalue weighted by Crippen LogP contribution is 2.43. The number of sulfonamides is 7. The van der Waals surface area contributed by atoms with Crippen LogP contribution >= 0.6 is 11.6 Å². The lowest BCUT2D eigenvalue weighted by atomic mass is 9.92. The monoisotopic (exact) mass is 2220 g/mol. The van der Waals surface area contributed by atoms with Crippen LogP contribution in [0.25, 0.3) is 0 Å². The van der Waals surface area contributed by atoms with Crippen molar-refractivity contribution in [3.63, 3.8) is 0 Å². The van der Waals surface area contributed by atoms with Gasteiger partial charge in [-0.3, -0.25) is 14.7 Å². The molecule has 8 heterocycles. The van der Waals surface area contributed by atoms with E-state index in [1.54, 1.807) is 12.1 Å². The van der Waals surface area contributed by atoms with Crippen molar-refractivity contribution in [3.8, 4) is 0 Å². The van der Waals surface area contributed by atoms with Crippen LogP contribution in [0.1, 0.15) is 302 Å². The molecule has 8 aliphatic heterocycles. The van der Waals surface area contributed by atoms with E-state index in [9.17, 15) is 91.7 Å². The number of fused-ring (bicyclic) bond motifs is 2. The minimum Gasteiger partial charge on any atom is -0.314 e. The van der Waals surface area contributed by atoms with Gasteiger partial charge in [-0.25, -0.2) is 124 Å². The highest BCUT2D eigenvalue weighted by atomic mass is 35.5. The average Bonchev–Trinajstić information content (AvgIpc) is 1.60. The van der Waals surface area contributed by atoms with E-state index < -0.39 is 132 Å². The molecule has 0 radical (unpaired) electrons. The van der Waals surface area contributed by atoms with Gasteiger partial charge in [0.25, 0.3) is 0 Å². The van der Waals surface area contributed by atoms with E-state index in [-0.39, 0.29) is 105 Å². The van der Waals surface area contributed by atoms with E-state index in [0.717, 1.165) is 150 Å². The molecule has 0 aromatic heterocycles. The minimum atomic E-state index is -4.00. The number of para-hydroxylation sites is 1. The van der Waals surface area contributed by atoms with Crippen molar-refractivity contribution in [3.05, 3.63) is 144 Å². The SMILES string of the molecule is CC(C)c1cc(Cl)cc(C(C)C)c1NC(=O)NS(=O)(=O)C1CCN(S(C)(=O)=O)CC1.CC(C)c1cc(F)cc(C(C)C)c1NC(=O)NS(=O)(=O)C1CCN(C2CNC2)CC1.CC(C)c1cc(F)cc(C(C)C)c1NC(=O)NS(=O)(=O)C1CCN(S(C)(=O)=O)CC1.CC(C)c1cccc(C(C)C)c1NC(=O)NS(=O)(=O)C1CCN(C2CNC2)CC1.O=C(Nc1c2c(cc3c1CCC3)CCC2)NS(=O)(=O)C1CCN(C2CNC2)CC1. The lowest BCUT2D eigenvalue weighted by Crippen LogP contribution is -2.59. The van der Waals surface area contributed by atoms with E-state index in [1.807, 2.05) is 106 Å². The second kappa shape index (κ2) is 51.3. The van der Waals surface area contributed by atoms with Gasteiger partial charge < -0.3 is 42.5 Å². The predicted molar refractivity (Wildman–Crippen MR) is 582 cm³/mol. The molecule has 8 fully saturated rings. The summed E-state index contributed by atoms with van der Waals surface area (Å²) in [5, 5.41) is 20.7. The molecule has 15 rings (SSSR count). The summed E-state index contributed by atoms with van der Waals surface area (Å²) < 4.78 is 215. The van der Waals surface area contributed by atoms with Crippen molar-refractivity contribution in [1.82, 2.24) is 62.9 Å². The molecule has 148 heavy (non-hydrogen) atoms. The van der Waals surface area contributed by atoms with Gasteiger partial charge in [0.2, 0.25) is 70.2 Å². The molecule has 0 bridgehead atoms.